The van der Waals surface area contributed by atoms with Crippen LogP contribution < -0.4 is 4.72 Å². The number of furan rings is 1. The van der Waals surface area contributed by atoms with Crippen molar-refractivity contribution < 1.29 is 17.9 Å². The summed E-state index contributed by atoms with van der Waals surface area (Å²) in [6.07, 6.45) is 2.26. The van der Waals surface area contributed by atoms with E-state index in [1.807, 2.05) is 0 Å². The molecule has 1 atom stereocenters. The fourth-order valence-electron chi connectivity index (χ4n) is 1.60. The van der Waals surface area contributed by atoms with Gasteiger partial charge in [-0.15, -0.1) is 0 Å². The summed E-state index contributed by atoms with van der Waals surface area (Å²) in [4.78, 5) is 0.134. The molecule has 5 nitrogen and oxygen atoms in total. The number of benzene rings is 1. The Labute approximate surface area is 111 Å². The van der Waals surface area contributed by atoms with Crippen LogP contribution in [0.4, 0.5) is 0 Å². The minimum atomic E-state index is -3.60. The average Bonchev–Trinajstić information content (AvgIpc) is 2.90. The van der Waals surface area contributed by atoms with E-state index in [2.05, 4.69) is 4.72 Å². The lowest BCUT2D eigenvalue weighted by Crippen LogP contribution is -2.23. The summed E-state index contributed by atoms with van der Waals surface area (Å²) in [5.74, 6) is 0. The molecule has 2 aromatic rings. The average molecular weight is 281 g/mol. The SMILES string of the molecule is CC(O)c1cccc(S(=O)(=O)NCc2ccoc2)c1. The summed E-state index contributed by atoms with van der Waals surface area (Å²) < 4.78 is 31.5. The maximum atomic E-state index is 12.1. The first-order valence-corrected chi connectivity index (χ1v) is 7.26. The molecule has 1 aromatic carbocycles. The van der Waals surface area contributed by atoms with Crippen LogP contribution in [-0.2, 0) is 16.6 Å². The van der Waals surface area contributed by atoms with Gasteiger partial charge >= 0.3 is 0 Å². The number of rotatable bonds is 5. The predicted molar refractivity (Wildman–Crippen MR) is 69.8 cm³/mol. The van der Waals surface area contributed by atoms with E-state index in [1.165, 1.54) is 24.7 Å². The van der Waals surface area contributed by atoms with Crippen molar-refractivity contribution in [3.63, 3.8) is 0 Å². The van der Waals surface area contributed by atoms with Crippen LogP contribution in [0.5, 0.6) is 0 Å². The van der Waals surface area contributed by atoms with Gasteiger partial charge in [0.2, 0.25) is 10.0 Å². The summed E-state index contributed by atoms with van der Waals surface area (Å²) in [7, 11) is -3.60. The summed E-state index contributed by atoms with van der Waals surface area (Å²) in [6.45, 7) is 1.75. The third-order valence-electron chi connectivity index (χ3n) is 2.70. The van der Waals surface area contributed by atoms with Crippen LogP contribution in [0.3, 0.4) is 0 Å². The molecule has 0 spiro atoms. The third kappa shape index (κ3) is 3.44. The molecule has 0 saturated heterocycles. The summed E-state index contributed by atoms with van der Waals surface area (Å²) >= 11 is 0. The molecule has 19 heavy (non-hydrogen) atoms. The van der Waals surface area contributed by atoms with Crippen molar-refractivity contribution in [3.8, 4) is 0 Å². The van der Waals surface area contributed by atoms with Crippen molar-refractivity contribution in [3.05, 3.63) is 54.0 Å². The standard InChI is InChI=1S/C13H15NO4S/c1-10(15)12-3-2-4-13(7-12)19(16,17)14-8-11-5-6-18-9-11/h2-7,9-10,14-15H,8H2,1H3. The largest absolute Gasteiger partial charge is 0.472 e. The van der Waals surface area contributed by atoms with Crippen LogP contribution in [-0.4, -0.2) is 13.5 Å². The zero-order chi connectivity index (χ0) is 13.9. The van der Waals surface area contributed by atoms with Crippen LogP contribution in [0.2, 0.25) is 0 Å². The Hall–Kier alpha value is -1.63. The van der Waals surface area contributed by atoms with Gasteiger partial charge in [-0.2, -0.15) is 0 Å². The van der Waals surface area contributed by atoms with E-state index in [-0.39, 0.29) is 11.4 Å². The molecule has 6 heteroatoms. The van der Waals surface area contributed by atoms with Gasteiger partial charge in [0.15, 0.2) is 0 Å². The molecule has 2 rings (SSSR count). The van der Waals surface area contributed by atoms with Crippen LogP contribution in [0, 0.1) is 0 Å². The van der Waals surface area contributed by atoms with Gasteiger partial charge in [0.25, 0.3) is 0 Å². The normalized spacial score (nSPS) is 13.4. The minimum Gasteiger partial charge on any atom is -0.472 e. The lowest BCUT2D eigenvalue weighted by Gasteiger charge is -2.09. The molecule has 1 unspecified atom stereocenters. The Morgan fingerprint density at radius 3 is 2.79 bits per heavy atom. The minimum absolute atomic E-state index is 0.134. The molecule has 1 heterocycles. The van der Waals surface area contributed by atoms with Gasteiger partial charge in [-0.1, -0.05) is 12.1 Å². The Morgan fingerprint density at radius 2 is 2.16 bits per heavy atom. The van der Waals surface area contributed by atoms with E-state index in [4.69, 9.17) is 4.42 Å². The summed E-state index contributed by atoms with van der Waals surface area (Å²) in [5, 5.41) is 9.47. The number of hydrogen-bond acceptors (Lipinski definition) is 4. The van der Waals surface area contributed by atoms with Gasteiger partial charge in [-0.25, -0.2) is 13.1 Å². The first-order valence-electron chi connectivity index (χ1n) is 5.78. The highest BCUT2D eigenvalue weighted by atomic mass is 32.2. The molecule has 0 aliphatic rings. The second kappa shape index (κ2) is 5.56. The van der Waals surface area contributed by atoms with E-state index in [1.54, 1.807) is 25.1 Å². The van der Waals surface area contributed by atoms with E-state index in [0.717, 1.165) is 5.56 Å². The number of aliphatic hydroxyl groups excluding tert-OH is 1. The lowest BCUT2D eigenvalue weighted by atomic mass is 10.1. The molecular formula is C13H15NO4S. The number of hydrogen-bond donors (Lipinski definition) is 2. The molecule has 0 aliphatic carbocycles. The first kappa shape index (κ1) is 13.8. The number of nitrogens with one attached hydrogen (secondary N) is 1. The fraction of sp³-hybridized carbons (Fsp3) is 0.231. The highest BCUT2D eigenvalue weighted by Gasteiger charge is 2.15. The highest BCUT2D eigenvalue weighted by molar-refractivity contribution is 7.89. The Kier molecular flexibility index (Phi) is 4.04. The topological polar surface area (TPSA) is 79.5 Å². The summed E-state index contributed by atoms with van der Waals surface area (Å²) in [6, 6.07) is 7.93. The fourth-order valence-corrected chi connectivity index (χ4v) is 2.67. The summed E-state index contributed by atoms with van der Waals surface area (Å²) in [5.41, 5.74) is 1.31. The van der Waals surface area contributed by atoms with Crippen molar-refractivity contribution in [1.29, 1.82) is 0 Å². The van der Waals surface area contributed by atoms with Crippen LogP contribution in [0.25, 0.3) is 0 Å². The number of aliphatic hydroxyl groups is 1. The zero-order valence-corrected chi connectivity index (χ0v) is 11.2. The van der Waals surface area contributed by atoms with Crippen molar-refractivity contribution in [2.24, 2.45) is 0 Å². The molecule has 102 valence electrons. The van der Waals surface area contributed by atoms with E-state index >= 15 is 0 Å². The molecule has 0 bridgehead atoms. The molecule has 0 aliphatic heterocycles. The van der Waals surface area contributed by atoms with Gasteiger partial charge in [-0.3, -0.25) is 0 Å². The zero-order valence-electron chi connectivity index (χ0n) is 10.4. The lowest BCUT2D eigenvalue weighted by molar-refractivity contribution is 0.199. The number of sulfonamides is 1. The predicted octanol–water partition coefficient (Wildman–Crippen LogP) is 1.81. The van der Waals surface area contributed by atoms with Crippen LogP contribution in [0.1, 0.15) is 24.2 Å². The van der Waals surface area contributed by atoms with Gasteiger partial charge in [0.1, 0.15) is 0 Å². The maximum absolute atomic E-state index is 12.1. The monoisotopic (exact) mass is 281 g/mol. The molecule has 2 N–H and O–H groups in total. The van der Waals surface area contributed by atoms with E-state index in [9.17, 15) is 13.5 Å². The molecule has 0 saturated carbocycles. The van der Waals surface area contributed by atoms with Gasteiger partial charge in [0.05, 0.1) is 23.5 Å². The molecule has 0 amide bonds. The van der Waals surface area contributed by atoms with E-state index in [0.29, 0.717) is 5.56 Å². The first-order chi connectivity index (χ1) is 8.99. The van der Waals surface area contributed by atoms with Crippen molar-refractivity contribution >= 4 is 10.0 Å². The van der Waals surface area contributed by atoms with E-state index < -0.39 is 16.1 Å². The van der Waals surface area contributed by atoms with Gasteiger partial charge in [0, 0.05) is 12.1 Å². The van der Waals surface area contributed by atoms with Gasteiger partial charge in [-0.05, 0) is 30.7 Å². The molecule has 1 aromatic heterocycles. The van der Waals surface area contributed by atoms with Crippen LogP contribution >= 0.6 is 0 Å². The Bertz CT molecular complexity index is 632. The van der Waals surface area contributed by atoms with Crippen LogP contribution in [0.15, 0.2) is 52.2 Å². The molecule has 0 radical (unpaired) electrons. The molecule has 0 fully saturated rings. The Morgan fingerprint density at radius 1 is 1.37 bits per heavy atom. The second-order valence-electron chi connectivity index (χ2n) is 4.20. The highest BCUT2D eigenvalue weighted by Crippen LogP contribution is 2.17. The smallest absolute Gasteiger partial charge is 0.240 e. The van der Waals surface area contributed by atoms with Gasteiger partial charge < -0.3 is 9.52 Å². The van der Waals surface area contributed by atoms with Crippen molar-refractivity contribution in [2.45, 2.75) is 24.5 Å². The Balaban J connectivity index is 2.17. The third-order valence-corrected chi connectivity index (χ3v) is 4.10. The quantitative estimate of drug-likeness (QED) is 0.876. The van der Waals surface area contributed by atoms with Crippen molar-refractivity contribution in [1.82, 2.24) is 4.72 Å². The molecular weight excluding hydrogens is 266 g/mol. The second-order valence-corrected chi connectivity index (χ2v) is 5.97. The van der Waals surface area contributed by atoms with Crippen molar-refractivity contribution in [2.75, 3.05) is 0 Å². The maximum Gasteiger partial charge on any atom is 0.240 e.